The molecule has 0 aliphatic heterocycles. The van der Waals surface area contributed by atoms with Gasteiger partial charge in [-0.2, -0.15) is 0 Å². The maximum Gasteiger partial charge on any atom is 0.288 e. The van der Waals surface area contributed by atoms with Crippen molar-refractivity contribution in [2.75, 3.05) is 0 Å². The lowest BCUT2D eigenvalue weighted by Gasteiger charge is -2.05. The molecule has 3 nitrogen and oxygen atoms in total. The van der Waals surface area contributed by atoms with Crippen molar-refractivity contribution in [1.82, 2.24) is 0 Å². The van der Waals surface area contributed by atoms with Gasteiger partial charge < -0.3 is 9.15 Å². The molecule has 1 aromatic heterocycles. The highest BCUT2D eigenvalue weighted by atomic mass is 16.6. The van der Waals surface area contributed by atoms with Gasteiger partial charge >= 0.3 is 0 Å². The van der Waals surface area contributed by atoms with Gasteiger partial charge in [0.25, 0.3) is 5.95 Å². The third-order valence-electron chi connectivity index (χ3n) is 2.37. The van der Waals surface area contributed by atoms with E-state index in [2.05, 4.69) is 0 Å². The number of benzene rings is 1. The second-order valence-corrected chi connectivity index (χ2v) is 3.71. The van der Waals surface area contributed by atoms with Gasteiger partial charge in [-0.15, -0.1) is 0 Å². The Labute approximate surface area is 99.7 Å². The summed E-state index contributed by atoms with van der Waals surface area (Å²) >= 11 is 0. The molecule has 17 heavy (non-hydrogen) atoms. The lowest BCUT2D eigenvalue weighted by atomic mass is 10.2. The fourth-order valence-corrected chi connectivity index (χ4v) is 1.48. The first-order valence-electron chi connectivity index (χ1n) is 5.58. The Morgan fingerprint density at radius 2 is 1.94 bits per heavy atom. The SMILES string of the molecule is CCc1cc(=O)cc(OCc2ccccc2)o1. The van der Waals surface area contributed by atoms with Crippen LogP contribution in [0.5, 0.6) is 5.95 Å². The molecule has 1 heterocycles. The van der Waals surface area contributed by atoms with Crippen molar-refractivity contribution in [1.29, 1.82) is 0 Å². The van der Waals surface area contributed by atoms with Gasteiger partial charge in [0.2, 0.25) is 0 Å². The van der Waals surface area contributed by atoms with E-state index < -0.39 is 0 Å². The third-order valence-corrected chi connectivity index (χ3v) is 2.37. The van der Waals surface area contributed by atoms with Crippen molar-refractivity contribution in [2.24, 2.45) is 0 Å². The van der Waals surface area contributed by atoms with Crippen molar-refractivity contribution in [3.8, 4) is 5.95 Å². The molecular formula is C14H14O3. The van der Waals surface area contributed by atoms with Crippen LogP contribution in [0.15, 0.2) is 51.7 Å². The minimum atomic E-state index is -0.0869. The summed E-state index contributed by atoms with van der Waals surface area (Å²) in [6.07, 6.45) is 0.678. The van der Waals surface area contributed by atoms with E-state index in [0.717, 1.165) is 5.56 Å². The summed E-state index contributed by atoms with van der Waals surface area (Å²) < 4.78 is 10.9. The third kappa shape index (κ3) is 3.21. The fraction of sp³-hybridized carbons (Fsp3) is 0.214. The van der Waals surface area contributed by atoms with E-state index >= 15 is 0 Å². The van der Waals surface area contributed by atoms with E-state index in [0.29, 0.717) is 18.8 Å². The molecule has 0 amide bonds. The Morgan fingerprint density at radius 3 is 2.65 bits per heavy atom. The summed E-state index contributed by atoms with van der Waals surface area (Å²) in [5, 5.41) is 0. The number of aryl methyl sites for hydroxylation is 1. The minimum Gasteiger partial charge on any atom is -0.460 e. The zero-order valence-corrected chi connectivity index (χ0v) is 9.68. The lowest BCUT2D eigenvalue weighted by molar-refractivity contribution is 0.220. The first-order chi connectivity index (χ1) is 8.28. The van der Waals surface area contributed by atoms with E-state index in [9.17, 15) is 4.79 Å². The Kier molecular flexibility index (Phi) is 3.60. The predicted octanol–water partition coefficient (Wildman–Crippen LogP) is 2.78. The Hall–Kier alpha value is -2.03. The van der Waals surface area contributed by atoms with Crippen LogP contribution in [0, 0.1) is 0 Å². The molecule has 2 aromatic rings. The molecule has 0 radical (unpaired) electrons. The standard InChI is InChI=1S/C14H14O3/c1-2-13-8-12(15)9-14(17-13)16-10-11-6-4-3-5-7-11/h3-9H,2,10H2,1H3. The molecular weight excluding hydrogens is 216 g/mol. The van der Waals surface area contributed by atoms with Crippen LogP contribution in [-0.2, 0) is 13.0 Å². The normalized spacial score (nSPS) is 10.2. The van der Waals surface area contributed by atoms with Crippen LogP contribution < -0.4 is 10.2 Å². The zero-order chi connectivity index (χ0) is 12.1. The van der Waals surface area contributed by atoms with Gasteiger partial charge in [0.15, 0.2) is 5.43 Å². The second-order valence-electron chi connectivity index (χ2n) is 3.71. The number of hydrogen-bond donors (Lipinski definition) is 0. The summed E-state index contributed by atoms with van der Waals surface area (Å²) in [4.78, 5) is 11.3. The number of ether oxygens (including phenoxy) is 1. The molecule has 0 aliphatic carbocycles. The van der Waals surface area contributed by atoms with Crippen molar-refractivity contribution < 1.29 is 9.15 Å². The van der Waals surface area contributed by atoms with Gasteiger partial charge in [-0.05, 0) is 5.56 Å². The van der Waals surface area contributed by atoms with Crippen LogP contribution in [0.2, 0.25) is 0 Å². The number of rotatable bonds is 4. The molecule has 0 saturated carbocycles. The van der Waals surface area contributed by atoms with Crippen LogP contribution in [0.4, 0.5) is 0 Å². The topological polar surface area (TPSA) is 39.4 Å². The minimum absolute atomic E-state index is 0.0869. The van der Waals surface area contributed by atoms with Crippen molar-refractivity contribution in [3.05, 3.63) is 64.0 Å². The maximum atomic E-state index is 11.3. The molecule has 0 N–H and O–H groups in total. The Balaban J connectivity index is 2.09. The smallest absolute Gasteiger partial charge is 0.288 e. The highest BCUT2D eigenvalue weighted by Gasteiger charge is 2.02. The summed E-state index contributed by atoms with van der Waals surface area (Å²) in [5.74, 6) is 0.916. The molecule has 0 unspecified atom stereocenters. The average molecular weight is 230 g/mol. The monoisotopic (exact) mass is 230 g/mol. The van der Waals surface area contributed by atoms with E-state index in [1.165, 1.54) is 12.1 Å². The largest absolute Gasteiger partial charge is 0.460 e. The molecule has 2 rings (SSSR count). The van der Waals surface area contributed by atoms with Gasteiger partial charge in [0, 0.05) is 12.5 Å². The van der Waals surface area contributed by atoms with Gasteiger partial charge in [-0.1, -0.05) is 37.3 Å². The predicted molar refractivity (Wildman–Crippen MR) is 65.1 cm³/mol. The molecule has 0 aliphatic rings. The molecule has 0 saturated heterocycles. The highest BCUT2D eigenvalue weighted by Crippen LogP contribution is 2.12. The van der Waals surface area contributed by atoms with Crippen molar-refractivity contribution >= 4 is 0 Å². The molecule has 1 aromatic carbocycles. The Morgan fingerprint density at radius 1 is 1.18 bits per heavy atom. The zero-order valence-electron chi connectivity index (χ0n) is 9.68. The van der Waals surface area contributed by atoms with Crippen molar-refractivity contribution in [3.63, 3.8) is 0 Å². The quantitative estimate of drug-likeness (QED) is 0.810. The first-order valence-corrected chi connectivity index (χ1v) is 5.58. The van der Waals surface area contributed by atoms with E-state index in [1.807, 2.05) is 37.3 Å². The molecule has 0 atom stereocenters. The summed E-state index contributed by atoms with van der Waals surface area (Å²) in [6, 6.07) is 12.6. The van der Waals surface area contributed by atoms with Crippen LogP contribution in [-0.4, -0.2) is 0 Å². The summed E-state index contributed by atoms with van der Waals surface area (Å²) in [6.45, 7) is 2.33. The van der Waals surface area contributed by atoms with Crippen LogP contribution in [0.3, 0.4) is 0 Å². The van der Waals surface area contributed by atoms with Crippen LogP contribution >= 0.6 is 0 Å². The second kappa shape index (κ2) is 5.34. The average Bonchev–Trinajstić information content (AvgIpc) is 2.37. The molecule has 0 spiro atoms. The van der Waals surface area contributed by atoms with Gasteiger partial charge in [0.05, 0.1) is 6.07 Å². The van der Waals surface area contributed by atoms with E-state index in [-0.39, 0.29) is 11.4 Å². The first kappa shape index (κ1) is 11.5. The van der Waals surface area contributed by atoms with E-state index in [4.69, 9.17) is 9.15 Å². The van der Waals surface area contributed by atoms with Crippen LogP contribution in [0.1, 0.15) is 18.2 Å². The highest BCUT2D eigenvalue weighted by molar-refractivity contribution is 5.15. The van der Waals surface area contributed by atoms with Gasteiger partial charge in [0.1, 0.15) is 12.4 Å². The van der Waals surface area contributed by atoms with Crippen molar-refractivity contribution in [2.45, 2.75) is 20.0 Å². The number of hydrogen-bond acceptors (Lipinski definition) is 3. The maximum absolute atomic E-state index is 11.3. The van der Waals surface area contributed by atoms with E-state index in [1.54, 1.807) is 0 Å². The molecule has 0 bridgehead atoms. The molecule has 3 heteroatoms. The van der Waals surface area contributed by atoms with Gasteiger partial charge in [-0.25, -0.2) is 0 Å². The fourth-order valence-electron chi connectivity index (χ4n) is 1.48. The summed E-state index contributed by atoms with van der Waals surface area (Å²) in [5.41, 5.74) is 0.952. The van der Waals surface area contributed by atoms with Gasteiger partial charge in [-0.3, -0.25) is 4.79 Å². The molecule has 0 fully saturated rings. The lowest BCUT2D eigenvalue weighted by Crippen LogP contribution is -2.03. The molecule has 88 valence electrons. The Bertz CT molecular complexity index is 529. The van der Waals surface area contributed by atoms with Crippen LogP contribution in [0.25, 0.3) is 0 Å². The summed E-state index contributed by atoms with van der Waals surface area (Å²) in [7, 11) is 0.